The molecule has 31 heavy (non-hydrogen) atoms. The molecule has 7 nitrogen and oxygen atoms in total. The first-order valence-electron chi connectivity index (χ1n) is 11.0. The van der Waals surface area contributed by atoms with Crippen LogP contribution in [0.1, 0.15) is 28.8 Å². The summed E-state index contributed by atoms with van der Waals surface area (Å²) in [7, 11) is 1.72. The number of methoxy groups -OCH3 is 1. The topological polar surface area (TPSA) is 73.9 Å². The van der Waals surface area contributed by atoms with E-state index in [4.69, 9.17) is 4.74 Å². The van der Waals surface area contributed by atoms with Crippen molar-refractivity contribution in [2.75, 3.05) is 56.6 Å². The van der Waals surface area contributed by atoms with E-state index in [9.17, 15) is 9.59 Å². The number of nitrogens with zero attached hydrogens (tertiary/aromatic N) is 2. The zero-order chi connectivity index (χ0) is 21.6. The second kappa shape index (κ2) is 9.83. The van der Waals surface area contributed by atoms with Crippen molar-refractivity contribution in [3.05, 3.63) is 53.6 Å². The summed E-state index contributed by atoms with van der Waals surface area (Å²) in [4.78, 5) is 28.7. The minimum atomic E-state index is -0.0763. The van der Waals surface area contributed by atoms with Crippen molar-refractivity contribution >= 4 is 23.2 Å². The number of carbonyl (C=O) groups excluding carboxylic acids is 2. The fourth-order valence-electron chi connectivity index (χ4n) is 4.24. The number of ether oxygens (including phenoxy) is 1. The van der Waals surface area contributed by atoms with Crippen LogP contribution in [-0.4, -0.2) is 63.1 Å². The minimum absolute atomic E-state index is 0.0173. The molecule has 7 heteroatoms. The zero-order valence-electron chi connectivity index (χ0n) is 18.0. The van der Waals surface area contributed by atoms with Crippen molar-refractivity contribution in [2.45, 2.75) is 19.3 Å². The second-order valence-corrected chi connectivity index (χ2v) is 8.06. The molecule has 2 aliphatic heterocycles. The van der Waals surface area contributed by atoms with Gasteiger partial charge in [0, 0.05) is 44.0 Å². The average Bonchev–Trinajstić information content (AvgIpc) is 3.18. The van der Waals surface area contributed by atoms with E-state index in [0.29, 0.717) is 18.5 Å². The van der Waals surface area contributed by atoms with Gasteiger partial charge in [-0.25, -0.2) is 0 Å². The lowest BCUT2D eigenvalue weighted by atomic mass is 10.1. The van der Waals surface area contributed by atoms with Gasteiger partial charge in [-0.1, -0.05) is 12.1 Å². The van der Waals surface area contributed by atoms with Crippen LogP contribution < -0.4 is 20.3 Å². The number of carbonyl (C=O) groups is 2. The first-order valence-corrected chi connectivity index (χ1v) is 11.0. The maximum atomic E-state index is 12.4. The standard InChI is InChI=1S/C24H30N4O3/c1-31-22-7-3-2-6-21(22)28-14-12-27(13-15-28)11-5-4-10-25-24(30)18-8-9-20-19(16-18)17-23(29)26-20/h2-3,6-9,16H,4-5,10-15,17H2,1H3,(H,25,30)(H,26,29). The molecule has 0 saturated carbocycles. The van der Waals surface area contributed by atoms with Crippen LogP contribution in [0, 0.1) is 0 Å². The van der Waals surface area contributed by atoms with Gasteiger partial charge in [0.2, 0.25) is 5.91 Å². The van der Waals surface area contributed by atoms with Gasteiger partial charge < -0.3 is 20.3 Å². The fourth-order valence-corrected chi connectivity index (χ4v) is 4.24. The minimum Gasteiger partial charge on any atom is -0.495 e. The van der Waals surface area contributed by atoms with Crippen molar-refractivity contribution in [3.8, 4) is 5.75 Å². The Hall–Kier alpha value is -3.06. The third-order valence-electron chi connectivity index (χ3n) is 5.98. The maximum Gasteiger partial charge on any atom is 0.251 e. The lowest BCUT2D eigenvalue weighted by molar-refractivity contribution is -0.115. The number of anilines is 2. The summed E-state index contributed by atoms with van der Waals surface area (Å²) in [6, 6.07) is 13.6. The van der Waals surface area contributed by atoms with E-state index in [1.165, 1.54) is 5.69 Å². The maximum absolute atomic E-state index is 12.4. The Labute approximate surface area is 183 Å². The molecule has 2 amide bonds. The molecule has 1 fully saturated rings. The van der Waals surface area contributed by atoms with Gasteiger partial charge in [0.1, 0.15) is 5.75 Å². The highest BCUT2D eigenvalue weighted by Crippen LogP contribution is 2.28. The molecule has 0 aromatic heterocycles. The summed E-state index contributed by atoms with van der Waals surface area (Å²) in [5.41, 5.74) is 3.49. The van der Waals surface area contributed by atoms with Crippen molar-refractivity contribution in [3.63, 3.8) is 0 Å². The van der Waals surface area contributed by atoms with Crippen LogP contribution in [0.25, 0.3) is 0 Å². The number of rotatable bonds is 8. The summed E-state index contributed by atoms with van der Waals surface area (Å²) in [6.45, 7) is 5.76. The molecular weight excluding hydrogens is 392 g/mol. The van der Waals surface area contributed by atoms with Crippen LogP contribution in [0.3, 0.4) is 0 Å². The van der Waals surface area contributed by atoms with Crippen LogP contribution in [0.4, 0.5) is 11.4 Å². The summed E-state index contributed by atoms with van der Waals surface area (Å²) >= 11 is 0. The van der Waals surface area contributed by atoms with E-state index in [2.05, 4.69) is 32.6 Å². The van der Waals surface area contributed by atoms with E-state index in [1.807, 2.05) is 18.2 Å². The van der Waals surface area contributed by atoms with Gasteiger partial charge in [-0.2, -0.15) is 0 Å². The number of benzene rings is 2. The Morgan fingerprint density at radius 3 is 2.71 bits per heavy atom. The predicted molar refractivity (Wildman–Crippen MR) is 122 cm³/mol. The van der Waals surface area contributed by atoms with Crippen molar-refractivity contribution in [2.24, 2.45) is 0 Å². The summed E-state index contributed by atoms with van der Waals surface area (Å²) in [5, 5.41) is 5.78. The molecule has 2 heterocycles. The average molecular weight is 423 g/mol. The zero-order valence-corrected chi connectivity index (χ0v) is 18.0. The van der Waals surface area contributed by atoms with Crippen LogP contribution >= 0.6 is 0 Å². The Balaban J connectivity index is 1.14. The third kappa shape index (κ3) is 5.17. The molecule has 0 unspecified atom stereocenters. The normalized spacial score (nSPS) is 16.0. The number of hydrogen-bond donors (Lipinski definition) is 2. The summed E-state index contributed by atoms with van der Waals surface area (Å²) < 4.78 is 5.49. The molecular formula is C24H30N4O3. The molecule has 164 valence electrons. The van der Waals surface area contributed by atoms with Crippen LogP contribution in [0.5, 0.6) is 5.75 Å². The van der Waals surface area contributed by atoms with Gasteiger partial charge in [-0.05, 0) is 55.3 Å². The van der Waals surface area contributed by atoms with Crippen molar-refractivity contribution in [1.82, 2.24) is 10.2 Å². The molecule has 2 aromatic rings. The van der Waals surface area contributed by atoms with E-state index in [0.717, 1.165) is 62.6 Å². The molecule has 0 bridgehead atoms. The number of nitrogens with one attached hydrogen (secondary N) is 2. The van der Waals surface area contributed by atoms with Gasteiger partial charge >= 0.3 is 0 Å². The largest absolute Gasteiger partial charge is 0.495 e. The van der Waals surface area contributed by atoms with Gasteiger partial charge in [-0.3, -0.25) is 14.5 Å². The van der Waals surface area contributed by atoms with Crippen LogP contribution in [-0.2, 0) is 11.2 Å². The Bertz CT molecular complexity index is 938. The molecule has 2 aliphatic rings. The predicted octanol–water partition coefficient (Wildman–Crippen LogP) is 2.52. The Morgan fingerprint density at radius 2 is 1.90 bits per heavy atom. The SMILES string of the molecule is COc1ccccc1N1CCN(CCCCNC(=O)c2ccc3c(c2)CC(=O)N3)CC1. The quantitative estimate of drug-likeness (QED) is 0.640. The van der Waals surface area contributed by atoms with Crippen molar-refractivity contribution < 1.29 is 14.3 Å². The summed E-state index contributed by atoms with van der Waals surface area (Å²) in [5.74, 6) is 0.835. The number of amides is 2. The lowest BCUT2D eigenvalue weighted by Gasteiger charge is -2.36. The second-order valence-electron chi connectivity index (χ2n) is 8.06. The molecule has 0 spiro atoms. The number of unbranched alkanes of at least 4 members (excludes halogenated alkanes) is 1. The molecule has 0 radical (unpaired) electrons. The van der Waals surface area contributed by atoms with Crippen LogP contribution in [0.2, 0.25) is 0 Å². The lowest BCUT2D eigenvalue weighted by Crippen LogP contribution is -2.46. The molecule has 2 aromatic carbocycles. The molecule has 0 atom stereocenters. The molecule has 0 aliphatic carbocycles. The van der Waals surface area contributed by atoms with E-state index in [1.54, 1.807) is 19.2 Å². The highest BCUT2D eigenvalue weighted by Gasteiger charge is 2.20. The molecule has 4 rings (SSSR count). The molecule has 2 N–H and O–H groups in total. The third-order valence-corrected chi connectivity index (χ3v) is 5.98. The van der Waals surface area contributed by atoms with Crippen molar-refractivity contribution in [1.29, 1.82) is 0 Å². The highest BCUT2D eigenvalue weighted by atomic mass is 16.5. The summed E-state index contributed by atoms with van der Waals surface area (Å²) in [6.07, 6.45) is 2.35. The van der Waals surface area contributed by atoms with Gasteiger partial charge in [0.25, 0.3) is 5.91 Å². The Kier molecular flexibility index (Phi) is 6.72. The van der Waals surface area contributed by atoms with Gasteiger partial charge in [0.15, 0.2) is 0 Å². The Morgan fingerprint density at radius 1 is 1.10 bits per heavy atom. The monoisotopic (exact) mass is 422 g/mol. The van der Waals surface area contributed by atoms with Gasteiger partial charge in [0.05, 0.1) is 19.2 Å². The number of fused-ring (bicyclic) bond motifs is 1. The van der Waals surface area contributed by atoms with E-state index >= 15 is 0 Å². The fraction of sp³-hybridized carbons (Fsp3) is 0.417. The highest BCUT2D eigenvalue weighted by molar-refractivity contribution is 6.01. The van der Waals surface area contributed by atoms with Gasteiger partial charge in [-0.15, -0.1) is 0 Å². The number of piperazine rings is 1. The smallest absolute Gasteiger partial charge is 0.251 e. The van der Waals surface area contributed by atoms with E-state index < -0.39 is 0 Å². The number of para-hydroxylation sites is 2. The first-order chi connectivity index (χ1) is 15.1. The first kappa shape index (κ1) is 21.2. The van der Waals surface area contributed by atoms with E-state index in [-0.39, 0.29) is 11.8 Å². The molecule has 1 saturated heterocycles. The number of hydrogen-bond acceptors (Lipinski definition) is 5. The van der Waals surface area contributed by atoms with Crippen LogP contribution in [0.15, 0.2) is 42.5 Å².